The maximum absolute atomic E-state index is 13.0. The van der Waals surface area contributed by atoms with E-state index in [-0.39, 0.29) is 5.92 Å². The molecule has 0 spiro atoms. The van der Waals surface area contributed by atoms with Crippen molar-refractivity contribution in [3.05, 3.63) is 39.7 Å². The van der Waals surface area contributed by atoms with E-state index < -0.39 is 22.5 Å². The van der Waals surface area contributed by atoms with E-state index >= 15 is 0 Å². The van der Waals surface area contributed by atoms with Crippen molar-refractivity contribution in [3.63, 3.8) is 0 Å². The molecule has 0 radical (unpaired) electrons. The Balaban J connectivity index is 2.98. The SMILES string of the molecule is CC(C)CC(O)c1ccc(F)c([N+](=O)[O-])c1. The summed E-state index contributed by atoms with van der Waals surface area (Å²) in [7, 11) is 0. The molecule has 16 heavy (non-hydrogen) atoms. The van der Waals surface area contributed by atoms with Crippen molar-refractivity contribution in [2.24, 2.45) is 5.92 Å². The van der Waals surface area contributed by atoms with E-state index in [9.17, 15) is 19.6 Å². The Kier molecular flexibility index (Phi) is 3.95. The molecule has 1 aromatic rings. The Morgan fingerprint density at radius 1 is 1.50 bits per heavy atom. The molecule has 1 rings (SSSR count). The van der Waals surface area contributed by atoms with Gasteiger partial charge < -0.3 is 5.11 Å². The topological polar surface area (TPSA) is 63.4 Å². The van der Waals surface area contributed by atoms with Gasteiger partial charge in [-0.05, 0) is 24.0 Å². The first-order valence-corrected chi connectivity index (χ1v) is 5.03. The van der Waals surface area contributed by atoms with Crippen LogP contribution in [0.5, 0.6) is 0 Å². The Morgan fingerprint density at radius 3 is 2.62 bits per heavy atom. The predicted octanol–water partition coefficient (Wildman–Crippen LogP) is 2.81. The largest absolute Gasteiger partial charge is 0.388 e. The molecule has 0 aliphatic carbocycles. The van der Waals surface area contributed by atoms with Crippen molar-refractivity contribution >= 4 is 5.69 Å². The Labute approximate surface area is 92.9 Å². The second-order valence-electron chi connectivity index (χ2n) is 4.11. The lowest BCUT2D eigenvalue weighted by atomic mass is 9.99. The van der Waals surface area contributed by atoms with E-state index in [0.29, 0.717) is 12.0 Å². The molecule has 0 aliphatic rings. The summed E-state index contributed by atoms with van der Waals surface area (Å²) in [6.45, 7) is 3.86. The average Bonchev–Trinajstić information content (AvgIpc) is 2.16. The minimum Gasteiger partial charge on any atom is -0.388 e. The maximum Gasteiger partial charge on any atom is 0.305 e. The van der Waals surface area contributed by atoms with Crippen LogP contribution in [0, 0.1) is 21.8 Å². The Hall–Kier alpha value is -1.49. The van der Waals surface area contributed by atoms with E-state index in [1.165, 1.54) is 6.07 Å². The third-order valence-corrected chi connectivity index (χ3v) is 2.25. The molecule has 4 nitrogen and oxygen atoms in total. The van der Waals surface area contributed by atoms with Crippen LogP contribution in [0.4, 0.5) is 10.1 Å². The number of hydrogen-bond acceptors (Lipinski definition) is 3. The van der Waals surface area contributed by atoms with Gasteiger partial charge >= 0.3 is 5.69 Å². The molecule has 1 aromatic carbocycles. The second kappa shape index (κ2) is 5.03. The fourth-order valence-electron chi connectivity index (χ4n) is 1.46. The molecule has 88 valence electrons. The van der Waals surface area contributed by atoms with Crippen molar-refractivity contribution in [1.29, 1.82) is 0 Å². The van der Waals surface area contributed by atoms with Crippen LogP contribution in [0.15, 0.2) is 18.2 Å². The first kappa shape index (κ1) is 12.6. The summed E-state index contributed by atoms with van der Waals surface area (Å²) in [5.41, 5.74) is -0.220. The Bertz CT molecular complexity index is 393. The summed E-state index contributed by atoms with van der Waals surface area (Å²) >= 11 is 0. The third-order valence-electron chi connectivity index (χ3n) is 2.25. The summed E-state index contributed by atoms with van der Waals surface area (Å²) in [5.74, 6) is -0.621. The highest BCUT2D eigenvalue weighted by atomic mass is 19.1. The number of hydrogen-bond donors (Lipinski definition) is 1. The fourth-order valence-corrected chi connectivity index (χ4v) is 1.46. The third kappa shape index (κ3) is 3.00. The van der Waals surface area contributed by atoms with Gasteiger partial charge in [0.1, 0.15) is 0 Å². The van der Waals surface area contributed by atoms with E-state index in [2.05, 4.69) is 0 Å². The van der Waals surface area contributed by atoms with Gasteiger partial charge in [0.15, 0.2) is 0 Å². The van der Waals surface area contributed by atoms with Crippen molar-refractivity contribution in [2.45, 2.75) is 26.4 Å². The lowest BCUT2D eigenvalue weighted by molar-refractivity contribution is -0.387. The number of benzene rings is 1. The summed E-state index contributed by atoms with van der Waals surface area (Å²) in [6.07, 6.45) is -0.303. The summed E-state index contributed by atoms with van der Waals surface area (Å²) in [6, 6.07) is 3.47. The minimum atomic E-state index is -0.884. The van der Waals surface area contributed by atoms with Crippen molar-refractivity contribution in [1.82, 2.24) is 0 Å². The number of rotatable bonds is 4. The van der Waals surface area contributed by atoms with E-state index in [0.717, 1.165) is 12.1 Å². The van der Waals surface area contributed by atoms with Crippen LogP contribution in [0.25, 0.3) is 0 Å². The highest BCUT2D eigenvalue weighted by Crippen LogP contribution is 2.26. The maximum atomic E-state index is 13.0. The van der Waals surface area contributed by atoms with Crippen LogP contribution < -0.4 is 0 Å². The molecule has 5 heteroatoms. The summed E-state index contributed by atoms with van der Waals surface area (Å²) in [5, 5.41) is 20.2. The Morgan fingerprint density at radius 2 is 2.12 bits per heavy atom. The molecule has 0 heterocycles. The standard InChI is InChI=1S/C11H14FNO3/c1-7(2)5-11(14)8-3-4-9(12)10(6-8)13(15)16/h3-4,6-7,11,14H,5H2,1-2H3. The zero-order chi connectivity index (χ0) is 12.3. The molecule has 0 amide bonds. The zero-order valence-corrected chi connectivity index (χ0v) is 9.18. The minimum absolute atomic E-state index is 0.263. The normalized spacial score (nSPS) is 12.8. The predicted molar refractivity (Wildman–Crippen MR) is 57.5 cm³/mol. The highest BCUT2D eigenvalue weighted by Gasteiger charge is 2.18. The van der Waals surface area contributed by atoms with Gasteiger partial charge in [0.25, 0.3) is 0 Å². The monoisotopic (exact) mass is 227 g/mol. The average molecular weight is 227 g/mol. The molecule has 0 saturated heterocycles. The molecule has 1 atom stereocenters. The molecule has 0 aliphatic heterocycles. The molecule has 1 unspecified atom stereocenters. The smallest absolute Gasteiger partial charge is 0.305 e. The van der Waals surface area contributed by atoms with Gasteiger partial charge in [-0.2, -0.15) is 4.39 Å². The molecule has 0 fully saturated rings. The van der Waals surface area contributed by atoms with Gasteiger partial charge in [-0.25, -0.2) is 0 Å². The van der Waals surface area contributed by atoms with Crippen LogP contribution in [0.2, 0.25) is 0 Å². The fraction of sp³-hybridized carbons (Fsp3) is 0.455. The van der Waals surface area contributed by atoms with Crippen molar-refractivity contribution < 1.29 is 14.4 Å². The van der Waals surface area contributed by atoms with Gasteiger partial charge in [-0.3, -0.25) is 10.1 Å². The van der Waals surface area contributed by atoms with Gasteiger partial charge in [0.05, 0.1) is 11.0 Å². The van der Waals surface area contributed by atoms with Crippen LogP contribution in [-0.4, -0.2) is 10.0 Å². The zero-order valence-electron chi connectivity index (χ0n) is 9.18. The van der Waals surface area contributed by atoms with Crippen LogP contribution in [-0.2, 0) is 0 Å². The first-order valence-electron chi connectivity index (χ1n) is 5.03. The first-order chi connectivity index (χ1) is 7.41. The quantitative estimate of drug-likeness (QED) is 0.635. The number of halogens is 1. The number of nitrogens with zero attached hydrogens (tertiary/aromatic N) is 1. The molecule has 0 bridgehead atoms. The molecule has 1 N–H and O–H groups in total. The highest BCUT2D eigenvalue weighted by molar-refractivity contribution is 5.37. The van der Waals surface area contributed by atoms with E-state index in [4.69, 9.17) is 0 Å². The second-order valence-corrected chi connectivity index (χ2v) is 4.11. The van der Waals surface area contributed by atoms with Gasteiger partial charge in [-0.15, -0.1) is 0 Å². The lowest BCUT2D eigenvalue weighted by Crippen LogP contribution is -2.03. The van der Waals surface area contributed by atoms with E-state index in [1.54, 1.807) is 0 Å². The lowest BCUT2D eigenvalue weighted by Gasteiger charge is -2.13. The molecule has 0 aromatic heterocycles. The molecular weight excluding hydrogens is 213 g/mol. The summed E-state index contributed by atoms with van der Waals surface area (Å²) in [4.78, 5) is 9.71. The van der Waals surface area contributed by atoms with Gasteiger partial charge in [0, 0.05) is 6.07 Å². The molecular formula is C11H14FNO3. The van der Waals surface area contributed by atoms with Crippen molar-refractivity contribution in [2.75, 3.05) is 0 Å². The van der Waals surface area contributed by atoms with Crippen LogP contribution in [0.3, 0.4) is 0 Å². The number of nitro groups is 1. The number of aliphatic hydroxyl groups is 1. The van der Waals surface area contributed by atoms with Gasteiger partial charge in [-0.1, -0.05) is 19.9 Å². The summed E-state index contributed by atoms with van der Waals surface area (Å²) < 4.78 is 13.0. The van der Waals surface area contributed by atoms with E-state index in [1.807, 2.05) is 13.8 Å². The van der Waals surface area contributed by atoms with Crippen molar-refractivity contribution in [3.8, 4) is 0 Å². The van der Waals surface area contributed by atoms with Crippen LogP contribution >= 0.6 is 0 Å². The number of nitro benzene ring substituents is 1. The van der Waals surface area contributed by atoms with Gasteiger partial charge in [0.2, 0.25) is 5.82 Å². The van der Waals surface area contributed by atoms with Crippen LogP contribution in [0.1, 0.15) is 31.9 Å². The molecule has 0 saturated carbocycles. The number of aliphatic hydroxyl groups excluding tert-OH is 1.